The van der Waals surface area contributed by atoms with Crippen LogP contribution in [0.1, 0.15) is 57.8 Å². The molecule has 0 fully saturated rings. The van der Waals surface area contributed by atoms with Crippen molar-refractivity contribution in [3.05, 3.63) is 0 Å². The van der Waals surface area contributed by atoms with Gasteiger partial charge in [0.15, 0.2) is 0 Å². The fourth-order valence-electron chi connectivity index (χ4n) is 1.57. The van der Waals surface area contributed by atoms with E-state index in [-0.39, 0.29) is 5.75 Å². The number of terminal acetylenes is 1. The number of hydrogen-bond donors (Lipinski definition) is 1. The van der Waals surface area contributed by atoms with Crippen molar-refractivity contribution in [2.75, 3.05) is 5.75 Å². The topological polar surface area (TPSA) is 54.4 Å². The van der Waals surface area contributed by atoms with Crippen LogP contribution in [0.2, 0.25) is 0 Å². The van der Waals surface area contributed by atoms with E-state index in [0.717, 1.165) is 32.1 Å². The van der Waals surface area contributed by atoms with Gasteiger partial charge in [0.1, 0.15) is 0 Å². The second-order valence-corrected chi connectivity index (χ2v) is 5.64. The van der Waals surface area contributed by atoms with Crippen molar-refractivity contribution in [2.24, 2.45) is 0 Å². The minimum Gasteiger partial charge on any atom is -0.286 e. The normalized spacial score (nSPS) is 11.2. The highest BCUT2D eigenvalue weighted by Crippen LogP contribution is 2.09. The third-order valence-corrected chi connectivity index (χ3v) is 3.28. The molecular formula is C12H22O3S. The van der Waals surface area contributed by atoms with Crippen LogP contribution in [0.15, 0.2) is 0 Å². The van der Waals surface area contributed by atoms with E-state index in [1.807, 2.05) is 0 Å². The SMILES string of the molecule is C#CCCCCCCCCCCS(=O)(=O)O. The van der Waals surface area contributed by atoms with E-state index in [1.54, 1.807) is 0 Å². The Labute approximate surface area is 99.4 Å². The van der Waals surface area contributed by atoms with E-state index in [9.17, 15) is 8.42 Å². The fourth-order valence-corrected chi connectivity index (χ4v) is 2.14. The monoisotopic (exact) mass is 246 g/mol. The highest BCUT2D eigenvalue weighted by Gasteiger charge is 2.02. The highest BCUT2D eigenvalue weighted by atomic mass is 32.2. The van der Waals surface area contributed by atoms with Gasteiger partial charge in [-0.25, -0.2) is 0 Å². The van der Waals surface area contributed by atoms with E-state index in [0.29, 0.717) is 6.42 Å². The molecule has 0 amide bonds. The van der Waals surface area contributed by atoms with Crippen molar-refractivity contribution in [2.45, 2.75) is 57.8 Å². The molecule has 0 aliphatic carbocycles. The predicted molar refractivity (Wildman–Crippen MR) is 66.8 cm³/mol. The maximum Gasteiger partial charge on any atom is 0.264 e. The van der Waals surface area contributed by atoms with Gasteiger partial charge in [-0.1, -0.05) is 38.5 Å². The molecule has 4 heteroatoms. The molecule has 0 bridgehead atoms. The Hall–Kier alpha value is -0.530. The van der Waals surface area contributed by atoms with Gasteiger partial charge >= 0.3 is 0 Å². The summed E-state index contributed by atoms with van der Waals surface area (Å²) in [7, 11) is -3.75. The van der Waals surface area contributed by atoms with Crippen molar-refractivity contribution >= 4 is 10.1 Å². The Morgan fingerprint density at radius 2 is 1.31 bits per heavy atom. The van der Waals surface area contributed by atoms with Gasteiger partial charge in [0.25, 0.3) is 10.1 Å². The fraction of sp³-hybridized carbons (Fsp3) is 0.833. The molecule has 16 heavy (non-hydrogen) atoms. The maximum absolute atomic E-state index is 10.4. The number of unbranched alkanes of at least 4 members (excludes halogenated alkanes) is 8. The Morgan fingerprint density at radius 1 is 0.875 bits per heavy atom. The zero-order valence-corrected chi connectivity index (χ0v) is 10.6. The molecule has 0 aromatic heterocycles. The Morgan fingerprint density at radius 3 is 1.75 bits per heavy atom. The second-order valence-electron chi connectivity index (χ2n) is 4.07. The molecule has 0 unspecified atom stereocenters. The zero-order chi connectivity index (χ0) is 12.3. The number of rotatable bonds is 10. The molecule has 0 radical (unpaired) electrons. The third-order valence-electron chi connectivity index (χ3n) is 2.47. The van der Waals surface area contributed by atoms with Crippen molar-refractivity contribution in [1.82, 2.24) is 0 Å². The lowest BCUT2D eigenvalue weighted by Crippen LogP contribution is -2.03. The molecular weight excluding hydrogens is 224 g/mol. The summed E-state index contributed by atoms with van der Waals surface area (Å²) in [5.74, 6) is 2.52. The molecule has 0 heterocycles. The third kappa shape index (κ3) is 13.5. The van der Waals surface area contributed by atoms with Crippen molar-refractivity contribution < 1.29 is 13.0 Å². The molecule has 0 saturated heterocycles. The van der Waals surface area contributed by atoms with Gasteiger partial charge in [0.05, 0.1) is 5.75 Å². The molecule has 1 N–H and O–H groups in total. The second kappa shape index (κ2) is 9.68. The van der Waals surface area contributed by atoms with Crippen LogP contribution < -0.4 is 0 Å². The largest absolute Gasteiger partial charge is 0.286 e. The van der Waals surface area contributed by atoms with Gasteiger partial charge in [-0.15, -0.1) is 12.3 Å². The first-order valence-corrected chi connectivity index (χ1v) is 7.56. The number of hydrogen-bond acceptors (Lipinski definition) is 2. The average molecular weight is 246 g/mol. The summed E-state index contributed by atoms with van der Waals surface area (Å²) in [6.07, 6.45) is 14.3. The molecule has 0 atom stereocenters. The molecule has 0 saturated carbocycles. The summed E-state index contributed by atoms with van der Waals surface area (Å²) >= 11 is 0. The first-order valence-electron chi connectivity index (χ1n) is 5.95. The van der Waals surface area contributed by atoms with E-state index in [4.69, 9.17) is 11.0 Å². The van der Waals surface area contributed by atoms with Gasteiger partial charge in [-0.2, -0.15) is 8.42 Å². The van der Waals surface area contributed by atoms with Crippen LogP contribution in [-0.2, 0) is 10.1 Å². The maximum atomic E-state index is 10.4. The predicted octanol–water partition coefficient (Wildman–Crippen LogP) is 3.02. The van der Waals surface area contributed by atoms with Gasteiger partial charge in [-0.05, 0) is 12.8 Å². The summed E-state index contributed by atoms with van der Waals surface area (Å²) in [4.78, 5) is 0. The van der Waals surface area contributed by atoms with Crippen LogP contribution in [0, 0.1) is 12.3 Å². The molecule has 0 aromatic rings. The highest BCUT2D eigenvalue weighted by molar-refractivity contribution is 7.85. The quantitative estimate of drug-likeness (QED) is 0.366. The molecule has 0 spiro atoms. The first kappa shape index (κ1) is 15.5. The molecule has 0 aliphatic rings. The lowest BCUT2D eigenvalue weighted by Gasteiger charge is -2.00. The average Bonchev–Trinajstić information content (AvgIpc) is 2.19. The van der Waals surface area contributed by atoms with E-state index in [2.05, 4.69) is 5.92 Å². The van der Waals surface area contributed by atoms with Gasteiger partial charge < -0.3 is 0 Å². The molecule has 0 aromatic carbocycles. The van der Waals surface area contributed by atoms with Crippen LogP contribution in [0.3, 0.4) is 0 Å². The lowest BCUT2D eigenvalue weighted by atomic mass is 10.1. The summed E-state index contributed by atoms with van der Waals surface area (Å²) < 4.78 is 29.3. The van der Waals surface area contributed by atoms with Crippen molar-refractivity contribution in [3.63, 3.8) is 0 Å². The Kier molecular flexibility index (Phi) is 9.36. The molecule has 3 nitrogen and oxygen atoms in total. The van der Waals surface area contributed by atoms with Crippen LogP contribution >= 0.6 is 0 Å². The van der Waals surface area contributed by atoms with E-state index >= 15 is 0 Å². The summed E-state index contributed by atoms with van der Waals surface area (Å²) in [6, 6.07) is 0. The van der Waals surface area contributed by atoms with Gasteiger partial charge in [0, 0.05) is 6.42 Å². The summed E-state index contributed by atoms with van der Waals surface area (Å²) in [5.41, 5.74) is 0. The van der Waals surface area contributed by atoms with Gasteiger partial charge in [-0.3, -0.25) is 4.55 Å². The smallest absolute Gasteiger partial charge is 0.264 e. The van der Waals surface area contributed by atoms with Crippen LogP contribution in [-0.4, -0.2) is 18.7 Å². The summed E-state index contributed by atoms with van der Waals surface area (Å²) in [5, 5.41) is 0. The van der Waals surface area contributed by atoms with Crippen LogP contribution in [0.4, 0.5) is 0 Å². The van der Waals surface area contributed by atoms with E-state index < -0.39 is 10.1 Å². The van der Waals surface area contributed by atoms with Crippen LogP contribution in [0.25, 0.3) is 0 Å². The zero-order valence-electron chi connectivity index (χ0n) is 9.82. The minimum absolute atomic E-state index is 0.102. The molecule has 94 valence electrons. The Bertz CT molecular complexity index is 288. The first-order chi connectivity index (χ1) is 7.56. The minimum atomic E-state index is -3.75. The summed E-state index contributed by atoms with van der Waals surface area (Å²) in [6.45, 7) is 0. The van der Waals surface area contributed by atoms with Crippen LogP contribution in [0.5, 0.6) is 0 Å². The van der Waals surface area contributed by atoms with E-state index in [1.165, 1.54) is 19.3 Å². The van der Waals surface area contributed by atoms with Crippen molar-refractivity contribution in [3.8, 4) is 12.3 Å². The Balaban J connectivity index is 3.08. The van der Waals surface area contributed by atoms with Crippen molar-refractivity contribution in [1.29, 1.82) is 0 Å². The van der Waals surface area contributed by atoms with Gasteiger partial charge in [0.2, 0.25) is 0 Å². The molecule has 0 rings (SSSR count). The lowest BCUT2D eigenvalue weighted by molar-refractivity contribution is 0.478. The standard InChI is InChI=1S/C12H22O3S/c1-2-3-4-5-6-7-8-9-10-11-12-16(13,14)15/h1H,3-12H2,(H,13,14,15). The molecule has 0 aliphatic heterocycles.